The number of methoxy groups -OCH3 is 1. The molecule has 2 aliphatic rings. The molecule has 0 saturated carbocycles. The van der Waals surface area contributed by atoms with Gasteiger partial charge in [-0.25, -0.2) is 0 Å². The van der Waals surface area contributed by atoms with Crippen molar-refractivity contribution >= 4 is 5.97 Å². The fraction of sp³-hybridized carbons (Fsp3) is 0.240. The smallest absolute Gasteiger partial charge is 0.312 e. The van der Waals surface area contributed by atoms with Gasteiger partial charge in [0.05, 0.1) is 20.1 Å². The van der Waals surface area contributed by atoms with E-state index in [1.54, 1.807) is 13.2 Å². The molecular formula is C25H22O6. The van der Waals surface area contributed by atoms with E-state index in [0.29, 0.717) is 35.4 Å². The van der Waals surface area contributed by atoms with E-state index in [0.717, 1.165) is 17.5 Å². The second-order valence-electron chi connectivity index (χ2n) is 7.47. The molecule has 1 atom stereocenters. The molecule has 31 heavy (non-hydrogen) atoms. The molecule has 0 unspecified atom stereocenters. The minimum Gasteiger partial charge on any atom is -0.493 e. The van der Waals surface area contributed by atoms with Crippen LogP contribution in [0.3, 0.4) is 0 Å². The summed E-state index contributed by atoms with van der Waals surface area (Å²) < 4.78 is 27.9. The lowest BCUT2D eigenvalue weighted by molar-refractivity contribution is -0.135. The third-order valence-corrected chi connectivity index (χ3v) is 5.56. The SMILES string of the molecule is COc1cc([C@H]2CC(=O)Oc3cc4c(cc32)OCO4)ccc1OCCc1ccccc1. The molecule has 2 heterocycles. The summed E-state index contributed by atoms with van der Waals surface area (Å²) in [5, 5.41) is 0. The molecule has 0 aromatic heterocycles. The molecular weight excluding hydrogens is 396 g/mol. The molecule has 158 valence electrons. The van der Waals surface area contributed by atoms with E-state index in [9.17, 15) is 4.79 Å². The Morgan fingerprint density at radius 1 is 0.935 bits per heavy atom. The van der Waals surface area contributed by atoms with Crippen LogP contribution in [0.2, 0.25) is 0 Å². The van der Waals surface area contributed by atoms with Gasteiger partial charge in [0.15, 0.2) is 23.0 Å². The molecule has 0 radical (unpaired) electrons. The highest BCUT2D eigenvalue weighted by atomic mass is 16.7. The van der Waals surface area contributed by atoms with Gasteiger partial charge in [0.1, 0.15) is 5.75 Å². The van der Waals surface area contributed by atoms with Gasteiger partial charge in [-0.05, 0) is 29.3 Å². The van der Waals surface area contributed by atoms with E-state index in [1.165, 1.54) is 5.56 Å². The van der Waals surface area contributed by atoms with Crippen LogP contribution in [0.25, 0.3) is 0 Å². The van der Waals surface area contributed by atoms with Crippen molar-refractivity contribution < 1.29 is 28.5 Å². The van der Waals surface area contributed by atoms with Gasteiger partial charge in [0.25, 0.3) is 0 Å². The van der Waals surface area contributed by atoms with Crippen LogP contribution in [0.15, 0.2) is 60.7 Å². The van der Waals surface area contributed by atoms with Gasteiger partial charge in [-0.2, -0.15) is 0 Å². The van der Waals surface area contributed by atoms with Crippen molar-refractivity contribution in [3.8, 4) is 28.7 Å². The lowest BCUT2D eigenvalue weighted by Crippen LogP contribution is -2.21. The van der Waals surface area contributed by atoms with Crippen molar-refractivity contribution in [2.45, 2.75) is 18.8 Å². The Bertz CT molecular complexity index is 1110. The Hall–Kier alpha value is -3.67. The lowest BCUT2D eigenvalue weighted by Gasteiger charge is -2.25. The Balaban J connectivity index is 1.39. The summed E-state index contributed by atoms with van der Waals surface area (Å²) in [6.45, 7) is 0.710. The molecule has 3 aromatic carbocycles. The molecule has 0 aliphatic carbocycles. The van der Waals surface area contributed by atoms with Crippen molar-refractivity contribution in [2.24, 2.45) is 0 Å². The highest BCUT2D eigenvalue weighted by Crippen LogP contribution is 2.47. The first-order valence-electron chi connectivity index (χ1n) is 10.2. The van der Waals surface area contributed by atoms with Crippen molar-refractivity contribution in [1.29, 1.82) is 0 Å². The maximum absolute atomic E-state index is 12.3. The number of carbonyl (C=O) groups is 1. The van der Waals surface area contributed by atoms with Gasteiger partial charge in [0, 0.05) is 24.0 Å². The van der Waals surface area contributed by atoms with Gasteiger partial charge in [-0.15, -0.1) is 0 Å². The normalized spacial score (nSPS) is 16.4. The van der Waals surface area contributed by atoms with Gasteiger partial charge < -0.3 is 23.7 Å². The predicted octanol–water partition coefficient (Wildman–Crippen LogP) is 4.49. The van der Waals surface area contributed by atoms with Crippen LogP contribution in [-0.2, 0) is 11.2 Å². The zero-order chi connectivity index (χ0) is 21.2. The number of benzene rings is 3. The number of hydrogen-bond acceptors (Lipinski definition) is 6. The number of fused-ring (bicyclic) bond motifs is 2. The molecule has 6 nitrogen and oxygen atoms in total. The minimum atomic E-state index is -0.279. The van der Waals surface area contributed by atoms with Gasteiger partial charge in [-0.1, -0.05) is 36.4 Å². The quantitative estimate of drug-likeness (QED) is 0.434. The van der Waals surface area contributed by atoms with Gasteiger partial charge >= 0.3 is 5.97 Å². The summed E-state index contributed by atoms with van der Waals surface area (Å²) >= 11 is 0. The molecule has 0 spiro atoms. The molecule has 5 rings (SSSR count). The van der Waals surface area contributed by atoms with Gasteiger partial charge in [-0.3, -0.25) is 4.79 Å². The molecule has 0 amide bonds. The van der Waals surface area contributed by atoms with E-state index < -0.39 is 0 Å². The zero-order valence-electron chi connectivity index (χ0n) is 17.1. The maximum atomic E-state index is 12.3. The van der Waals surface area contributed by atoms with Crippen molar-refractivity contribution in [1.82, 2.24) is 0 Å². The molecule has 6 heteroatoms. The molecule has 0 fully saturated rings. The lowest BCUT2D eigenvalue weighted by atomic mass is 9.86. The Morgan fingerprint density at radius 3 is 2.55 bits per heavy atom. The standard InChI is InChI=1S/C25H22O6/c1-27-22-11-17(7-8-20(22)28-10-9-16-5-3-2-4-6-16)18-13-25(26)31-21-14-24-23(12-19(18)21)29-15-30-24/h2-8,11-12,14,18H,9-10,13,15H2,1H3/t18-/m1/s1. The van der Waals surface area contributed by atoms with Crippen LogP contribution in [-0.4, -0.2) is 26.5 Å². The molecule has 0 saturated heterocycles. The zero-order valence-corrected chi connectivity index (χ0v) is 17.1. The number of hydrogen-bond donors (Lipinski definition) is 0. The highest BCUT2D eigenvalue weighted by Gasteiger charge is 2.32. The third-order valence-electron chi connectivity index (χ3n) is 5.56. The fourth-order valence-corrected chi connectivity index (χ4v) is 3.98. The van der Waals surface area contributed by atoms with Crippen molar-refractivity contribution in [3.63, 3.8) is 0 Å². The topological polar surface area (TPSA) is 63.2 Å². The van der Waals surface area contributed by atoms with E-state index in [4.69, 9.17) is 23.7 Å². The Labute approximate surface area is 180 Å². The number of ether oxygens (including phenoxy) is 5. The highest BCUT2D eigenvalue weighted by molar-refractivity contribution is 5.78. The number of carbonyl (C=O) groups excluding carboxylic acids is 1. The maximum Gasteiger partial charge on any atom is 0.312 e. The third kappa shape index (κ3) is 3.89. The second kappa shape index (κ2) is 8.22. The van der Waals surface area contributed by atoms with Gasteiger partial charge in [0.2, 0.25) is 6.79 Å². The molecule has 0 bridgehead atoms. The summed E-state index contributed by atoms with van der Waals surface area (Å²) in [6.07, 6.45) is 1.05. The summed E-state index contributed by atoms with van der Waals surface area (Å²) in [7, 11) is 1.62. The fourth-order valence-electron chi connectivity index (χ4n) is 3.98. The first kappa shape index (κ1) is 19.3. The molecule has 2 aliphatic heterocycles. The summed E-state index contributed by atoms with van der Waals surface area (Å²) in [5.74, 6) is 2.61. The summed E-state index contributed by atoms with van der Waals surface area (Å²) in [5.41, 5.74) is 3.06. The Morgan fingerprint density at radius 2 is 1.74 bits per heavy atom. The average molecular weight is 418 g/mol. The van der Waals surface area contributed by atoms with Crippen molar-refractivity contribution in [2.75, 3.05) is 20.5 Å². The van der Waals surface area contributed by atoms with E-state index in [2.05, 4.69) is 12.1 Å². The average Bonchev–Trinajstić information content (AvgIpc) is 3.25. The van der Waals surface area contributed by atoms with Crippen LogP contribution >= 0.6 is 0 Å². The molecule has 0 N–H and O–H groups in total. The monoisotopic (exact) mass is 418 g/mol. The van der Waals surface area contributed by atoms with Crippen LogP contribution in [0.4, 0.5) is 0 Å². The number of rotatable bonds is 6. The predicted molar refractivity (Wildman–Crippen MR) is 113 cm³/mol. The second-order valence-corrected chi connectivity index (χ2v) is 7.47. The minimum absolute atomic E-state index is 0.166. The van der Waals surface area contributed by atoms with Crippen LogP contribution < -0.4 is 23.7 Å². The van der Waals surface area contributed by atoms with E-state index in [1.807, 2.05) is 42.5 Å². The van der Waals surface area contributed by atoms with E-state index >= 15 is 0 Å². The van der Waals surface area contributed by atoms with Crippen LogP contribution in [0.5, 0.6) is 28.7 Å². The summed E-state index contributed by atoms with van der Waals surface area (Å²) in [6, 6.07) is 19.6. The van der Waals surface area contributed by atoms with Crippen molar-refractivity contribution in [3.05, 3.63) is 77.4 Å². The van der Waals surface area contributed by atoms with Crippen LogP contribution in [0, 0.1) is 0 Å². The first-order chi connectivity index (χ1) is 15.2. The Kier molecular flexibility index (Phi) is 5.12. The van der Waals surface area contributed by atoms with E-state index in [-0.39, 0.29) is 25.1 Å². The molecule has 3 aromatic rings. The van der Waals surface area contributed by atoms with Crippen LogP contribution in [0.1, 0.15) is 29.0 Å². The first-order valence-corrected chi connectivity index (χ1v) is 10.2. The summed E-state index contributed by atoms with van der Waals surface area (Å²) in [4.78, 5) is 12.3. The largest absolute Gasteiger partial charge is 0.493 e. The number of esters is 1.